The molecule has 0 N–H and O–H groups in total. The molecule has 0 fully saturated rings. The molecule has 0 amide bonds. The van der Waals surface area contributed by atoms with E-state index >= 15 is 0 Å². The Morgan fingerprint density at radius 2 is 1.30 bits per heavy atom. The molecular weight excluding hydrogens is 310 g/mol. The Morgan fingerprint density at radius 3 is 1.87 bits per heavy atom. The number of carbonyl (C=O) groups excluding carboxylic acids is 1. The van der Waals surface area contributed by atoms with E-state index in [0.29, 0.717) is 6.07 Å². The molecule has 2 aromatic rings. The van der Waals surface area contributed by atoms with Crippen LogP contribution in [0.1, 0.15) is 15.9 Å². The summed E-state index contributed by atoms with van der Waals surface area (Å²) in [6.45, 7) is 0. The number of nitro groups is 3. The van der Waals surface area contributed by atoms with Gasteiger partial charge in [-0.15, -0.1) is 0 Å². The van der Waals surface area contributed by atoms with Gasteiger partial charge < -0.3 is 0 Å². The Balaban J connectivity index is 2.34. The minimum Gasteiger partial charge on any atom is -0.288 e. The highest BCUT2D eigenvalue weighted by Gasteiger charge is 2.37. The van der Waals surface area contributed by atoms with Crippen molar-refractivity contribution in [2.24, 2.45) is 0 Å². The molecule has 114 valence electrons. The summed E-state index contributed by atoms with van der Waals surface area (Å²) in [6, 6.07) is 5.15. The number of fused-ring (bicyclic) bond motifs is 3. The van der Waals surface area contributed by atoms with Gasteiger partial charge in [-0.05, 0) is 11.6 Å². The Bertz CT molecular complexity index is 935. The molecule has 10 nitrogen and oxygen atoms in total. The van der Waals surface area contributed by atoms with E-state index in [2.05, 4.69) is 0 Å². The maximum atomic E-state index is 12.4. The van der Waals surface area contributed by atoms with Gasteiger partial charge in [0.25, 0.3) is 17.1 Å². The lowest BCUT2D eigenvalue weighted by Crippen LogP contribution is -2.02. The van der Waals surface area contributed by atoms with Crippen molar-refractivity contribution in [3.8, 4) is 11.1 Å². The van der Waals surface area contributed by atoms with Gasteiger partial charge in [0.1, 0.15) is 5.56 Å². The number of hydrogen-bond donors (Lipinski definition) is 0. The van der Waals surface area contributed by atoms with Gasteiger partial charge in [-0.25, -0.2) is 0 Å². The van der Waals surface area contributed by atoms with Crippen molar-refractivity contribution in [2.45, 2.75) is 0 Å². The van der Waals surface area contributed by atoms with Gasteiger partial charge in [0.05, 0.1) is 20.8 Å². The van der Waals surface area contributed by atoms with Crippen LogP contribution in [-0.2, 0) is 0 Å². The van der Waals surface area contributed by atoms with Crippen LogP contribution in [0.15, 0.2) is 30.3 Å². The second-order valence-electron chi connectivity index (χ2n) is 4.72. The van der Waals surface area contributed by atoms with Crippen LogP contribution in [0, 0.1) is 30.3 Å². The summed E-state index contributed by atoms with van der Waals surface area (Å²) in [5, 5.41) is 32.8. The van der Waals surface area contributed by atoms with Crippen LogP contribution in [0.3, 0.4) is 0 Å². The van der Waals surface area contributed by atoms with E-state index in [9.17, 15) is 35.1 Å². The molecule has 0 saturated heterocycles. The highest BCUT2D eigenvalue weighted by molar-refractivity contribution is 6.24. The third-order valence-corrected chi connectivity index (χ3v) is 3.49. The fourth-order valence-corrected chi connectivity index (χ4v) is 2.52. The zero-order valence-electron chi connectivity index (χ0n) is 11.1. The number of benzene rings is 2. The largest absolute Gasteiger partial charge is 0.288 e. The van der Waals surface area contributed by atoms with Crippen molar-refractivity contribution in [3.63, 3.8) is 0 Å². The molecule has 0 aliphatic heterocycles. The number of nitro benzene ring substituents is 3. The molecule has 1 aliphatic rings. The van der Waals surface area contributed by atoms with Gasteiger partial charge in [0, 0.05) is 29.3 Å². The Morgan fingerprint density at radius 1 is 0.696 bits per heavy atom. The van der Waals surface area contributed by atoms with Crippen molar-refractivity contribution in [3.05, 3.63) is 71.8 Å². The average molecular weight is 315 g/mol. The van der Waals surface area contributed by atoms with E-state index in [4.69, 9.17) is 0 Å². The lowest BCUT2D eigenvalue weighted by molar-refractivity contribution is -0.394. The summed E-state index contributed by atoms with van der Waals surface area (Å²) in [6.07, 6.45) is 0. The number of hydrogen-bond acceptors (Lipinski definition) is 7. The van der Waals surface area contributed by atoms with Gasteiger partial charge in [-0.2, -0.15) is 0 Å². The second kappa shape index (κ2) is 4.66. The molecule has 2 aromatic carbocycles. The number of non-ortho nitro benzene ring substituents is 2. The fraction of sp³-hybridized carbons (Fsp3) is 0. The smallest absolute Gasteiger partial charge is 0.288 e. The summed E-state index contributed by atoms with van der Waals surface area (Å²) < 4.78 is 0. The number of ketones is 1. The predicted molar refractivity (Wildman–Crippen MR) is 75.3 cm³/mol. The Labute approximate surface area is 126 Å². The van der Waals surface area contributed by atoms with E-state index in [1.807, 2.05) is 0 Å². The fourth-order valence-electron chi connectivity index (χ4n) is 2.52. The molecule has 3 rings (SSSR count). The quantitative estimate of drug-likeness (QED) is 0.533. The van der Waals surface area contributed by atoms with Crippen LogP contribution in [0.25, 0.3) is 11.1 Å². The molecule has 0 radical (unpaired) electrons. The van der Waals surface area contributed by atoms with E-state index < -0.39 is 31.9 Å². The zero-order valence-corrected chi connectivity index (χ0v) is 11.1. The van der Waals surface area contributed by atoms with Crippen LogP contribution >= 0.6 is 0 Å². The normalized spacial score (nSPS) is 11.7. The van der Waals surface area contributed by atoms with Crippen molar-refractivity contribution >= 4 is 22.8 Å². The van der Waals surface area contributed by atoms with Crippen molar-refractivity contribution in [2.75, 3.05) is 0 Å². The molecule has 0 spiro atoms. The molecule has 10 heteroatoms. The first-order chi connectivity index (χ1) is 10.8. The number of carbonyl (C=O) groups is 1. The standard InChI is InChI=1S/C13H5N3O7/c17-13-10-3-6(14(18)19)1-2-8(10)9-4-7(15(20)21)5-11(12(9)13)16(22)23/h1-5H. The predicted octanol–water partition coefficient (Wildman–Crippen LogP) is 2.62. The minimum atomic E-state index is -0.885. The third-order valence-electron chi connectivity index (χ3n) is 3.49. The number of nitrogens with zero attached hydrogens (tertiary/aromatic N) is 3. The molecular formula is C13H5N3O7. The van der Waals surface area contributed by atoms with E-state index in [1.54, 1.807) is 0 Å². The summed E-state index contributed by atoms with van der Waals surface area (Å²) in [5.41, 5.74) is -1.73. The molecule has 0 aromatic heterocycles. The third kappa shape index (κ3) is 2.00. The van der Waals surface area contributed by atoms with Crippen LogP contribution in [-0.4, -0.2) is 20.6 Å². The Hall–Kier alpha value is -3.69. The first-order valence-electron chi connectivity index (χ1n) is 6.11. The molecule has 0 unspecified atom stereocenters. The molecule has 0 bridgehead atoms. The summed E-state index contributed by atoms with van der Waals surface area (Å²) in [7, 11) is 0. The van der Waals surface area contributed by atoms with Crippen molar-refractivity contribution < 1.29 is 19.6 Å². The maximum absolute atomic E-state index is 12.4. The van der Waals surface area contributed by atoms with Crippen molar-refractivity contribution in [1.29, 1.82) is 0 Å². The van der Waals surface area contributed by atoms with Gasteiger partial charge in [-0.3, -0.25) is 35.1 Å². The van der Waals surface area contributed by atoms with Crippen LogP contribution in [0.5, 0.6) is 0 Å². The SMILES string of the molecule is O=C1c2cc([N+](=O)[O-])ccc2-c2cc([N+](=O)[O-])cc([N+](=O)[O-])c21. The van der Waals surface area contributed by atoms with E-state index in [-0.39, 0.29) is 27.9 Å². The highest BCUT2D eigenvalue weighted by atomic mass is 16.6. The molecule has 1 aliphatic carbocycles. The average Bonchev–Trinajstić information content (AvgIpc) is 2.79. The minimum absolute atomic E-state index is 0.0285. The summed E-state index contributed by atoms with van der Waals surface area (Å²) >= 11 is 0. The Kier molecular flexibility index (Phi) is 2.89. The van der Waals surface area contributed by atoms with Gasteiger partial charge in [0.2, 0.25) is 5.78 Å². The molecule has 0 saturated carbocycles. The summed E-state index contributed by atoms with van der Waals surface area (Å²) in [5.74, 6) is -0.764. The summed E-state index contributed by atoms with van der Waals surface area (Å²) in [4.78, 5) is 42.8. The van der Waals surface area contributed by atoms with E-state index in [1.165, 1.54) is 6.07 Å². The van der Waals surface area contributed by atoms with Gasteiger partial charge >= 0.3 is 0 Å². The first kappa shape index (κ1) is 14.3. The lowest BCUT2D eigenvalue weighted by atomic mass is 10.0. The molecule has 0 heterocycles. The monoisotopic (exact) mass is 315 g/mol. The van der Waals surface area contributed by atoms with Crippen molar-refractivity contribution in [1.82, 2.24) is 0 Å². The lowest BCUT2D eigenvalue weighted by Gasteiger charge is -2.01. The van der Waals surface area contributed by atoms with Gasteiger partial charge in [-0.1, -0.05) is 0 Å². The van der Waals surface area contributed by atoms with Gasteiger partial charge in [0.15, 0.2) is 0 Å². The topological polar surface area (TPSA) is 146 Å². The van der Waals surface area contributed by atoms with Crippen LogP contribution < -0.4 is 0 Å². The van der Waals surface area contributed by atoms with E-state index in [0.717, 1.165) is 18.2 Å². The molecule has 0 atom stereocenters. The van der Waals surface area contributed by atoms with Crippen LogP contribution in [0.4, 0.5) is 17.1 Å². The highest BCUT2D eigenvalue weighted by Crippen LogP contribution is 2.44. The second-order valence-corrected chi connectivity index (χ2v) is 4.72. The molecule has 23 heavy (non-hydrogen) atoms. The first-order valence-corrected chi connectivity index (χ1v) is 6.11. The maximum Gasteiger partial charge on any atom is 0.288 e. The van der Waals surface area contributed by atoms with Crippen LogP contribution in [0.2, 0.25) is 0 Å². The number of rotatable bonds is 3. The zero-order chi connectivity index (χ0) is 16.9.